The highest BCUT2D eigenvalue weighted by molar-refractivity contribution is 6.15. The summed E-state index contributed by atoms with van der Waals surface area (Å²) in [5.41, 5.74) is 0.559. The van der Waals surface area contributed by atoms with Crippen molar-refractivity contribution in [2.75, 3.05) is 6.61 Å². The van der Waals surface area contributed by atoms with Gasteiger partial charge in [-0.2, -0.15) is 0 Å². The molecule has 1 aromatic carbocycles. The SMILES string of the molecule is C=CCOc1cccc(C2C(C(=O)c3ccc(C)o3)=C(O)C(=O)N2Cc2ccco2)c1. The predicted octanol–water partition coefficient (Wildman–Crippen LogP) is 4.52. The van der Waals surface area contributed by atoms with Crippen LogP contribution in [-0.2, 0) is 11.3 Å². The summed E-state index contributed by atoms with van der Waals surface area (Å²) in [5, 5.41) is 10.7. The zero-order chi connectivity index (χ0) is 22.0. The fourth-order valence-electron chi connectivity index (χ4n) is 3.58. The van der Waals surface area contributed by atoms with Gasteiger partial charge in [-0.1, -0.05) is 24.8 Å². The molecule has 0 spiro atoms. The van der Waals surface area contributed by atoms with Crippen molar-refractivity contribution < 1.29 is 28.3 Å². The van der Waals surface area contributed by atoms with E-state index in [9.17, 15) is 14.7 Å². The van der Waals surface area contributed by atoms with Gasteiger partial charge in [0.15, 0.2) is 11.5 Å². The zero-order valence-electron chi connectivity index (χ0n) is 16.9. The molecule has 158 valence electrons. The van der Waals surface area contributed by atoms with Crippen LogP contribution in [0.15, 0.2) is 87.6 Å². The summed E-state index contributed by atoms with van der Waals surface area (Å²) >= 11 is 0. The third-order valence-electron chi connectivity index (χ3n) is 4.96. The standard InChI is InChI=1S/C24H21NO6/c1-3-11-29-17-7-4-6-16(13-17)21-20(22(26)19-10-9-15(2)31-19)23(27)24(28)25(21)14-18-8-5-12-30-18/h3-10,12-13,21,27H,1,11,14H2,2H3. The molecule has 3 aromatic rings. The maximum atomic E-state index is 13.2. The van der Waals surface area contributed by atoms with Crippen LogP contribution in [0.3, 0.4) is 0 Å². The molecule has 3 heterocycles. The van der Waals surface area contributed by atoms with Crippen molar-refractivity contribution in [2.24, 2.45) is 0 Å². The van der Waals surface area contributed by atoms with Crippen LogP contribution in [0.4, 0.5) is 0 Å². The molecule has 0 saturated carbocycles. The molecule has 31 heavy (non-hydrogen) atoms. The number of amides is 1. The van der Waals surface area contributed by atoms with Crippen LogP contribution in [0.25, 0.3) is 0 Å². The second kappa shape index (κ2) is 8.39. The molecule has 0 fully saturated rings. The molecule has 1 unspecified atom stereocenters. The Bertz CT molecular complexity index is 1150. The molecular weight excluding hydrogens is 398 g/mol. The van der Waals surface area contributed by atoms with Crippen LogP contribution in [0.5, 0.6) is 5.75 Å². The van der Waals surface area contributed by atoms with Crippen molar-refractivity contribution in [3.05, 3.63) is 102 Å². The number of aliphatic hydroxyl groups excluding tert-OH is 1. The lowest BCUT2D eigenvalue weighted by atomic mass is 9.95. The average molecular weight is 419 g/mol. The minimum absolute atomic E-state index is 0.0493. The Hall–Kier alpha value is -4.00. The fourth-order valence-corrected chi connectivity index (χ4v) is 3.58. The molecule has 1 aliphatic rings. The van der Waals surface area contributed by atoms with Crippen LogP contribution in [0.1, 0.15) is 33.7 Å². The van der Waals surface area contributed by atoms with E-state index in [-0.39, 0.29) is 17.9 Å². The number of benzene rings is 1. The second-order valence-corrected chi connectivity index (χ2v) is 7.09. The average Bonchev–Trinajstić information content (AvgIpc) is 3.49. The van der Waals surface area contributed by atoms with Crippen LogP contribution >= 0.6 is 0 Å². The molecule has 1 amide bonds. The van der Waals surface area contributed by atoms with E-state index in [4.69, 9.17) is 13.6 Å². The molecule has 4 rings (SSSR count). The summed E-state index contributed by atoms with van der Waals surface area (Å²) in [6.45, 7) is 5.73. The lowest BCUT2D eigenvalue weighted by Crippen LogP contribution is -2.30. The summed E-state index contributed by atoms with van der Waals surface area (Å²) in [7, 11) is 0. The summed E-state index contributed by atoms with van der Waals surface area (Å²) < 4.78 is 16.5. The number of ketones is 1. The van der Waals surface area contributed by atoms with Crippen molar-refractivity contribution >= 4 is 11.7 Å². The first-order valence-electron chi connectivity index (χ1n) is 9.71. The Kier molecular flexibility index (Phi) is 5.49. The number of hydrogen-bond acceptors (Lipinski definition) is 6. The number of aryl methyl sites for hydroxylation is 1. The summed E-state index contributed by atoms with van der Waals surface area (Å²) in [4.78, 5) is 27.6. The summed E-state index contributed by atoms with van der Waals surface area (Å²) in [6.07, 6.45) is 3.12. The van der Waals surface area contributed by atoms with Crippen molar-refractivity contribution in [1.29, 1.82) is 0 Å². The quantitative estimate of drug-likeness (QED) is 0.426. The highest BCUT2D eigenvalue weighted by Crippen LogP contribution is 2.41. The number of Topliss-reactive ketones (excluding diaryl/α,β-unsaturated/α-hetero) is 1. The van der Waals surface area contributed by atoms with Gasteiger partial charge in [0, 0.05) is 0 Å². The van der Waals surface area contributed by atoms with Crippen molar-refractivity contribution in [1.82, 2.24) is 4.90 Å². The lowest BCUT2D eigenvalue weighted by Gasteiger charge is -2.26. The predicted molar refractivity (Wildman–Crippen MR) is 112 cm³/mol. The Morgan fingerprint density at radius 3 is 2.77 bits per heavy atom. The number of aliphatic hydroxyl groups is 1. The molecule has 0 bridgehead atoms. The van der Waals surface area contributed by atoms with Crippen molar-refractivity contribution in [3.63, 3.8) is 0 Å². The van der Waals surface area contributed by atoms with Crippen LogP contribution < -0.4 is 4.74 Å². The smallest absolute Gasteiger partial charge is 0.290 e. The highest BCUT2D eigenvalue weighted by atomic mass is 16.5. The first-order chi connectivity index (χ1) is 15.0. The fraction of sp³-hybridized carbons (Fsp3) is 0.167. The van der Waals surface area contributed by atoms with Crippen molar-refractivity contribution in [3.8, 4) is 5.75 Å². The Balaban J connectivity index is 1.78. The topological polar surface area (TPSA) is 93.1 Å². The number of carbonyl (C=O) groups excluding carboxylic acids is 2. The molecule has 0 aliphatic carbocycles. The number of rotatable bonds is 8. The van der Waals surface area contributed by atoms with E-state index in [1.54, 1.807) is 55.5 Å². The maximum absolute atomic E-state index is 13.2. The van der Waals surface area contributed by atoms with E-state index >= 15 is 0 Å². The van der Waals surface area contributed by atoms with E-state index in [0.717, 1.165) is 0 Å². The van der Waals surface area contributed by atoms with Crippen molar-refractivity contribution in [2.45, 2.75) is 19.5 Å². The third-order valence-corrected chi connectivity index (χ3v) is 4.96. The lowest BCUT2D eigenvalue weighted by molar-refractivity contribution is -0.130. The third kappa shape index (κ3) is 3.90. The molecule has 1 atom stereocenters. The number of nitrogens with zero attached hydrogens (tertiary/aromatic N) is 1. The van der Waals surface area contributed by atoms with Gasteiger partial charge in [-0.3, -0.25) is 9.59 Å². The van der Waals surface area contributed by atoms with Gasteiger partial charge in [-0.25, -0.2) is 0 Å². The first-order valence-corrected chi connectivity index (χ1v) is 9.71. The normalized spacial score (nSPS) is 16.1. The van der Waals surface area contributed by atoms with Crippen LogP contribution in [0, 0.1) is 6.92 Å². The van der Waals surface area contributed by atoms with E-state index in [1.165, 1.54) is 17.2 Å². The first kappa shape index (κ1) is 20.3. The maximum Gasteiger partial charge on any atom is 0.290 e. The monoisotopic (exact) mass is 419 g/mol. The minimum atomic E-state index is -0.845. The highest BCUT2D eigenvalue weighted by Gasteiger charge is 2.44. The summed E-state index contributed by atoms with van der Waals surface area (Å²) in [5.74, 6) is -0.142. The Morgan fingerprint density at radius 2 is 2.10 bits per heavy atom. The molecule has 1 N–H and O–H groups in total. The molecule has 0 saturated heterocycles. The summed E-state index contributed by atoms with van der Waals surface area (Å²) in [6, 6.07) is 12.8. The number of furan rings is 2. The van der Waals surface area contributed by atoms with Gasteiger partial charge in [-0.15, -0.1) is 0 Å². The Labute approximate surface area is 178 Å². The molecule has 2 aromatic heterocycles. The Morgan fingerprint density at radius 1 is 1.26 bits per heavy atom. The van der Waals surface area contributed by atoms with Gasteiger partial charge in [0.2, 0.25) is 5.78 Å². The zero-order valence-corrected chi connectivity index (χ0v) is 16.9. The molecule has 0 radical (unpaired) electrons. The molecule has 1 aliphatic heterocycles. The molecular formula is C24H21NO6. The molecule has 7 heteroatoms. The number of hydrogen-bond donors (Lipinski definition) is 1. The second-order valence-electron chi connectivity index (χ2n) is 7.09. The van der Waals surface area contributed by atoms with E-state index < -0.39 is 23.5 Å². The van der Waals surface area contributed by atoms with Gasteiger partial charge in [0.05, 0.1) is 24.4 Å². The largest absolute Gasteiger partial charge is 0.503 e. The number of carbonyl (C=O) groups is 2. The van der Waals surface area contributed by atoms with E-state index in [0.29, 0.717) is 29.4 Å². The van der Waals surface area contributed by atoms with Gasteiger partial charge in [-0.05, 0) is 48.9 Å². The van der Waals surface area contributed by atoms with Gasteiger partial charge in [0.25, 0.3) is 5.91 Å². The molecule has 7 nitrogen and oxygen atoms in total. The number of ether oxygens (including phenoxy) is 1. The van der Waals surface area contributed by atoms with Gasteiger partial charge < -0.3 is 23.6 Å². The van der Waals surface area contributed by atoms with Gasteiger partial charge in [0.1, 0.15) is 23.9 Å². The van der Waals surface area contributed by atoms with E-state index in [1.807, 2.05) is 0 Å². The van der Waals surface area contributed by atoms with Crippen LogP contribution in [-0.4, -0.2) is 28.3 Å². The van der Waals surface area contributed by atoms with Gasteiger partial charge >= 0.3 is 0 Å². The minimum Gasteiger partial charge on any atom is -0.503 e. The van der Waals surface area contributed by atoms with Crippen LogP contribution in [0.2, 0.25) is 0 Å². The van der Waals surface area contributed by atoms with E-state index in [2.05, 4.69) is 6.58 Å².